The molecule has 3 rings (SSSR count). The number of rotatable bonds is 4. The molecule has 22 heavy (non-hydrogen) atoms. The van der Waals surface area contributed by atoms with Crippen molar-refractivity contribution in [2.75, 3.05) is 11.1 Å². The van der Waals surface area contributed by atoms with Crippen molar-refractivity contribution in [1.29, 1.82) is 0 Å². The molecule has 0 spiro atoms. The third-order valence-electron chi connectivity index (χ3n) is 3.23. The first kappa shape index (κ1) is 14.0. The quantitative estimate of drug-likeness (QED) is 0.761. The van der Waals surface area contributed by atoms with E-state index in [0.717, 1.165) is 16.8 Å². The van der Waals surface area contributed by atoms with Gasteiger partial charge in [0.05, 0.1) is 17.0 Å². The number of aryl methyl sites for hydroxylation is 2. The Morgan fingerprint density at radius 2 is 2.14 bits per heavy atom. The Bertz CT molecular complexity index is 764. The molecule has 0 radical (unpaired) electrons. The molecule has 0 atom stereocenters. The third kappa shape index (κ3) is 2.88. The highest BCUT2D eigenvalue weighted by Gasteiger charge is 2.14. The lowest BCUT2D eigenvalue weighted by Gasteiger charge is -2.08. The second kappa shape index (κ2) is 5.80. The fourth-order valence-electron chi connectivity index (χ4n) is 2.23. The molecule has 0 aliphatic rings. The number of nitrogens with zero attached hydrogens (tertiary/aromatic N) is 4. The Hall–Kier alpha value is -2.96. The number of pyridine rings is 1. The van der Waals surface area contributed by atoms with Gasteiger partial charge in [-0.3, -0.25) is 4.98 Å². The zero-order valence-electron chi connectivity index (χ0n) is 12.4. The molecule has 7 nitrogen and oxygen atoms in total. The Kier molecular flexibility index (Phi) is 3.69. The molecule has 0 saturated carbocycles. The maximum Gasteiger partial charge on any atom is 0.222 e. The molecule has 3 aromatic heterocycles. The third-order valence-corrected chi connectivity index (χ3v) is 3.23. The van der Waals surface area contributed by atoms with Crippen molar-refractivity contribution in [1.82, 2.24) is 20.1 Å². The summed E-state index contributed by atoms with van der Waals surface area (Å²) in [5.74, 6) is 1.55. The summed E-state index contributed by atoms with van der Waals surface area (Å²) in [7, 11) is 0. The predicted octanol–water partition coefficient (Wildman–Crippen LogP) is 2.34. The Balaban J connectivity index is 1.87. The first-order valence-corrected chi connectivity index (χ1v) is 6.84. The minimum Gasteiger partial charge on any atom is -0.368 e. The lowest BCUT2D eigenvalue weighted by atomic mass is 10.1. The summed E-state index contributed by atoms with van der Waals surface area (Å²) in [4.78, 5) is 12.5. The van der Waals surface area contributed by atoms with Gasteiger partial charge in [0.15, 0.2) is 0 Å². The second-order valence-electron chi connectivity index (χ2n) is 4.91. The van der Waals surface area contributed by atoms with Gasteiger partial charge in [0.25, 0.3) is 0 Å². The summed E-state index contributed by atoms with van der Waals surface area (Å²) < 4.78 is 5.18. The summed E-state index contributed by atoms with van der Waals surface area (Å²) >= 11 is 0. The molecule has 0 fully saturated rings. The van der Waals surface area contributed by atoms with Crippen LogP contribution in [0.2, 0.25) is 0 Å². The molecule has 7 heteroatoms. The molecule has 112 valence electrons. The van der Waals surface area contributed by atoms with Crippen molar-refractivity contribution in [3.05, 3.63) is 47.6 Å². The van der Waals surface area contributed by atoms with Crippen molar-refractivity contribution >= 4 is 11.8 Å². The van der Waals surface area contributed by atoms with Gasteiger partial charge >= 0.3 is 0 Å². The van der Waals surface area contributed by atoms with Crippen molar-refractivity contribution in [2.45, 2.75) is 20.4 Å². The minimum absolute atomic E-state index is 0.200. The van der Waals surface area contributed by atoms with Gasteiger partial charge in [-0.05, 0) is 25.5 Å². The smallest absolute Gasteiger partial charge is 0.222 e. The lowest BCUT2D eigenvalue weighted by Crippen LogP contribution is -2.05. The van der Waals surface area contributed by atoms with Gasteiger partial charge in [0.1, 0.15) is 11.6 Å². The van der Waals surface area contributed by atoms with Crippen LogP contribution in [0.15, 0.2) is 35.1 Å². The van der Waals surface area contributed by atoms with Gasteiger partial charge in [-0.25, -0.2) is 4.98 Å². The van der Waals surface area contributed by atoms with Crippen LogP contribution in [-0.2, 0) is 6.54 Å². The monoisotopic (exact) mass is 296 g/mol. The highest BCUT2D eigenvalue weighted by Crippen LogP contribution is 2.27. The van der Waals surface area contributed by atoms with Crippen LogP contribution in [0.4, 0.5) is 11.8 Å². The van der Waals surface area contributed by atoms with Gasteiger partial charge in [-0.1, -0.05) is 11.2 Å². The van der Waals surface area contributed by atoms with Crippen LogP contribution in [0, 0.1) is 13.8 Å². The van der Waals surface area contributed by atoms with E-state index in [2.05, 4.69) is 25.4 Å². The normalized spacial score (nSPS) is 10.6. The number of nitrogens with one attached hydrogen (secondary N) is 1. The lowest BCUT2D eigenvalue weighted by molar-refractivity contribution is 0.393. The van der Waals surface area contributed by atoms with Crippen LogP contribution in [0.1, 0.15) is 17.0 Å². The molecule has 0 amide bonds. The first-order valence-electron chi connectivity index (χ1n) is 6.84. The maximum absolute atomic E-state index is 5.81. The van der Waals surface area contributed by atoms with Gasteiger partial charge in [-0.15, -0.1) is 0 Å². The van der Waals surface area contributed by atoms with Crippen LogP contribution < -0.4 is 11.1 Å². The maximum atomic E-state index is 5.81. The Morgan fingerprint density at radius 3 is 2.82 bits per heavy atom. The van der Waals surface area contributed by atoms with E-state index in [0.29, 0.717) is 23.8 Å². The van der Waals surface area contributed by atoms with Crippen LogP contribution in [0.25, 0.3) is 11.3 Å². The largest absolute Gasteiger partial charge is 0.368 e. The topological polar surface area (TPSA) is 103 Å². The first-order chi connectivity index (χ1) is 10.6. The van der Waals surface area contributed by atoms with Crippen molar-refractivity contribution in [3.8, 4) is 11.3 Å². The molecule has 3 aromatic rings. The second-order valence-corrected chi connectivity index (χ2v) is 4.91. The molecule has 0 saturated heterocycles. The van der Waals surface area contributed by atoms with E-state index in [1.165, 1.54) is 0 Å². The van der Waals surface area contributed by atoms with Crippen LogP contribution in [0.5, 0.6) is 0 Å². The van der Waals surface area contributed by atoms with Crippen LogP contribution >= 0.6 is 0 Å². The van der Waals surface area contributed by atoms with Gasteiger partial charge in [0, 0.05) is 25.0 Å². The standard InChI is InChI=1S/C15H16N6O/c1-9-14(10(2)22-21-9)12-6-13(20-15(16)19-12)18-8-11-4-3-5-17-7-11/h3-7H,8H2,1-2H3,(H3,16,18,19,20). The number of aromatic nitrogens is 4. The van der Waals surface area contributed by atoms with E-state index < -0.39 is 0 Å². The highest BCUT2D eigenvalue weighted by atomic mass is 16.5. The van der Waals surface area contributed by atoms with Crippen LogP contribution in [-0.4, -0.2) is 20.1 Å². The summed E-state index contributed by atoms with van der Waals surface area (Å²) in [6.07, 6.45) is 3.54. The Labute approximate surface area is 127 Å². The molecule has 3 heterocycles. The van der Waals surface area contributed by atoms with E-state index in [1.54, 1.807) is 12.4 Å². The summed E-state index contributed by atoms with van der Waals surface area (Å²) in [5.41, 5.74) is 9.17. The van der Waals surface area contributed by atoms with E-state index in [1.807, 2.05) is 32.0 Å². The van der Waals surface area contributed by atoms with Gasteiger partial charge in [0.2, 0.25) is 5.95 Å². The number of anilines is 2. The molecule has 0 aromatic carbocycles. The number of hydrogen-bond acceptors (Lipinski definition) is 7. The summed E-state index contributed by atoms with van der Waals surface area (Å²) in [6, 6.07) is 5.71. The average Bonchev–Trinajstić information content (AvgIpc) is 2.85. The zero-order chi connectivity index (χ0) is 15.5. The Morgan fingerprint density at radius 1 is 1.27 bits per heavy atom. The number of nitrogens with two attached hydrogens (primary N) is 1. The van der Waals surface area contributed by atoms with E-state index in [-0.39, 0.29) is 5.95 Å². The summed E-state index contributed by atoms with van der Waals surface area (Å²) in [5, 5.41) is 7.16. The molecule has 0 aliphatic heterocycles. The SMILES string of the molecule is Cc1noc(C)c1-c1cc(NCc2cccnc2)nc(N)n1. The van der Waals surface area contributed by atoms with Crippen molar-refractivity contribution < 1.29 is 4.52 Å². The van der Waals surface area contributed by atoms with Gasteiger partial charge < -0.3 is 15.6 Å². The van der Waals surface area contributed by atoms with E-state index >= 15 is 0 Å². The molecule has 3 N–H and O–H groups in total. The number of hydrogen-bond donors (Lipinski definition) is 2. The molecular formula is C15H16N6O. The van der Waals surface area contributed by atoms with Crippen molar-refractivity contribution in [2.24, 2.45) is 0 Å². The molecular weight excluding hydrogens is 280 g/mol. The number of nitrogen functional groups attached to an aromatic ring is 1. The molecule has 0 unspecified atom stereocenters. The van der Waals surface area contributed by atoms with E-state index in [4.69, 9.17) is 10.3 Å². The van der Waals surface area contributed by atoms with E-state index in [9.17, 15) is 0 Å². The molecule has 0 bridgehead atoms. The fourth-order valence-corrected chi connectivity index (χ4v) is 2.23. The van der Waals surface area contributed by atoms with Gasteiger partial charge in [-0.2, -0.15) is 4.98 Å². The summed E-state index contributed by atoms with van der Waals surface area (Å²) in [6.45, 7) is 4.31. The van der Waals surface area contributed by atoms with Crippen LogP contribution in [0.3, 0.4) is 0 Å². The average molecular weight is 296 g/mol. The fraction of sp³-hybridized carbons (Fsp3) is 0.200. The molecule has 0 aliphatic carbocycles. The highest BCUT2D eigenvalue weighted by molar-refractivity contribution is 5.67. The van der Waals surface area contributed by atoms with Crippen molar-refractivity contribution in [3.63, 3.8) is 0 Å². The predicted molar refractivity (Wildman–Crippen MR) is 83.0 cm³/mol. The minimum atomic E-state index is 0.200. The zero-order valence-corrected chi connectivity index (χ0v) is 12.4.